The molecule has 0 amide bonds. The summed E-state index contributed by atoms with van der Waals surface area (Å²) in [7, 11) is 0. The molecule has 0 fully saturated rings. The third-order valence-electron chi connectivity index (χ3n) is 10.4. The van der Waals surface area contributed by atoms with Gasteiger partial charge in [0.2, 0.25) is 0 Å². The first-order valence-electron chi connectivity index (χ1n) is 19.6. The van der Waals surface area contributed by atoms with Crippen LogP contribution in [-0.4, -0.2) is 31.2 Å². The van der Waals surface area contributed by atoms with Crippen LogP contribution < -0.4 is 37.0 Å². The molecule has 1 heterocycles. The van der Waals surface area contributed by atoms with E-state index in [1.807, 2.05) is 133 Å². The van der Waals surface area contributed by atoms with Crippen molar-refractivity contribution in [2.75, 3.05) is 19.3 Å². The summed E-state index contributed by atoms with van der Waals surface area (Å²) in [6.07, 6.45) is 11.1. The van der Waals surface area contributed by atoms with Gasteiger partial charge in [-0.1, -0.05) is 42.5 Å². The maximum atomic E-state index is 18.6. The van der Waals surface area contributed by atoms with Crippen molar-refractivity contribution in [3.63, 3.8) is 0 Å². The Balaban J connectivity index is 0.877. The van der Waals surface area contributed by atoms with E-state index in [-0.39, 0.29) is 6.17 Å². The van der Waals surface area contributed by atoms with Crippen LogP contribution in [0.4, 0.5) is 4.20 Å². The third-order valence-corrected chi connectivity index (χ3v) is 15.7. The summed E-state index contributed by atoms with van der Waals surface area (Å²) in [4.78, 5) is 9.17. The summed E-state index contributed by atoms with van der Waals surface area (Å²) in [5.74, 6) is 1.84. The zero-order chi connectivity index (χ0) is 37.3. The van der Waals surface area contributed by atoms with Gasteiger partial charge in [-0.3, -0.25) is 10.3 Å². The summed E-state index contributed by atoms with van der Waals surface area (Å²) in [6, 6.07) is 48.2. The monoisotopic (exact) mass is 743 g/mol. The van der Waals surface area contributed by atoms with Crippen LogP contribution in [0.5, 0.6) is 5.75 Å². The zero-order valence-electron chi connectivity index (χ0n) is 31.3. The van der Waals surface area contributed by atoms with Crippen molar-refractivity contribution >= 4 is 34.7 Å². The SMILES string of the molecule is NC1=NC(c2ccc(OCCCCCCCCCCCP(F)(c3ccccc3)(c3ccccc3)c3ccccc3)cc2)NC(=NCCc2ccccc2)N1. The number of halogens is 1. The van der Waals surface area contributed by atoms with E-state index in [9.17, 15) is 0 Å². The Bertz CT molecular complexity index is 1810. The Kier molecular flexibility index (Phi) is 13.9. The summed E-state index contributed by atoms with van der Waals surface area (Å²) < 4.78 is 24.6. The second-order valence-corrected chi connectivity index (χ2v) is 18.5. The van der Waals surface area contributed by atoms with E-state index in [1.54, 1.807) is 0 Å². The molecule has 6 nitrogen and oxygen atoms in total. The van der Waals surface area contributed by atoms with Crippen LogP contribution in [-0.2, 0) is 6.42 Å². The van der Waals surface area contributed by atoms with Gasteiger partial charge in [-0.2, -0.15) is 0 Å². The van der Waals surface area contributed by atoms with Crippen molar-refractivity contribution in [2.45, 2.75) is 70.4 Å². The molecule has 4 N–H and O–H groups in total. The van der Waals surface area contributed by atoms with Gasteiger partial charge in [0, 0.05) is 6.54 Å². The number of nitrogens with one attached hydrogen (secondary N) is 2. The first-order chi connectivity index (χ1) is 26.5. The molecular formula is C46H55FN5OP. The van der Waals surface area contributed by atoms with Crippen molar-refractivity contribution in [1.29, 1.82) is 0 Å². The Morgan fingerprint density at radius 1 is 0.611 bits per heavy atom. The first kappa shape index (κ1) is 38.7. The number of hydrogen-bond acceptors (Lipinski definition) is 4. The molecule has 5 aromatic carbocycles. The molecule has 0 saturated heterocycles. The number of guanidine groups is 2. The third kappa shape index (κ3) is 9.95. The first-order valence-corrected chi connectivity index (χ1v) is 21.9. The van der Waals surface area contributed by atoms with E-state index >= 15 is 4.20 Å². The summed E-state index contributed by atoms with van der Waals surface area (Å²) in [5, 5.41) is 8.85. The predicted molar refractivity (Wildman–Crippen MR) is 228 cm³/mol. The summed E-state index contributed by atoms with van der Waals surface area (Å²) in [5.41, 5.74) is 8.32. The molecule has 0 aromatic heterocycles. The number of hydrogen-bond donors (Lipinski definition) is 3. The van der Waals surface area contributed by atoms with Crippen LogP contribution in [0.1, 0.15) is 75.1 Å². The minimum absolute atomic E-state index is 0.302. The number of benzene rings is 5. The van der Waals surface area contributed by atoms with Crippen molar-refractivity contribution < 1.29 is 8.93 Å². The maximum Gasteiger partial charge on any atom is 0.200 e. The average molecular weight is 744 g/mol. The number of ether oxygens (including phenoxy) is 1. The van der Waals surface area contributed by atoms with Crippen molar-refractivity contribution in [2.24, 2.45) is 15.7 Å². The Morgan fingerprint density at radius 3 is 1.63 bits per heavy atom. The molecule has 8 heteroatoms. The topological polar surface area (TPSA) is 84.0 Å². The molecule has 0 radical (unpaired) electrons. The average Bonchev–Trinajstić information content (AvgIpc) is 3.22. The van der Waals surface area contributed by atoms with Gasteiger partial charge in [0.25, 0.3) is 0 Å². The molecule has 54 heavy (non-hydrogen) atoms. The second-order valence-electron chi connectivity index (χ2n) is 14.2. The molecule has 0 bridgehead atoms. The zero-order valence-corrected chi connectivity index (χ0v) is 32.2. The largest absolute Gasteiger partial charge is 0.330 e. The minimum Gasteiger partial charge on any atom is -0.330 e. The van der Waals surface area contributed by atoms with Crippen molar-refractivity contribution in [1.82, 2.24) is 10.6 Å². The number of nitrogens with two attached hydrogens (primary N) is 1. The van der Waals surface area contributed by atoms with E-state index in [4.69, 9.17) is 10.5 Å². The molecule has 0 saturated carbocycles. The predicted octanol–water partition coefficient (Wildman–Crippen LogP) is 9.10. The fourth-order valence-corrected chi connectivity index (χ4v) is 12.3. The minimum atomic E-state index is -4.12. The van der Waals surface area contributed by atoms with Gasteiger partial charge >= 0.3 is 193 Å². The number of rotatable bonds is 20. The number of aliphatic imine (C=N–C) groups is 2. The molecule has 6 rings (SSSR count). The van der Waals surface area contributed by atoms with Gasteiger partial charge in [0.05, 0.1) is 0 Å². The van der Waals surface area contributed by atoms with Gasteiger partial charge in [-0.15, -0.1) is 0 Å². The normalized spacial score (nSPS) is 15.7. The molecule has 5 aromatic rings. The molecule has 1 aliphatic rings. The van der Waals surface area contributed by atoms with Crippen LogP contribution in [0.3, 0.4) is 0 Å². The van der Waals surface area contributed by atoms with Crippen LogP contribution in [0.2, 0.25) is 0 Å². The Labute approximate surface area is 321 Å². The van der Waals surface area contributed by atoms with Crippen LogP contribution in [0.25, 0.3) is 0 Å². The van der Waals surface area contributed by atoms with Gasteiger partial charge in [-0.25, -0.2) is 4.99 Å². The molecule has 282 valence electrons. The molecular weight excluding hydrogens is 689 g/mol. The van der Waals surface area contributed by atoms with E-state index in [1.165, 1.54) is 31.2 Å². The standard InChI is InChI=1S/C46H55FN5OP/c47-54(41-24-14-9-15-25-41,42-26-16-10-17-27-42,43-28-18-11-19-29-43)37-21-7-5-3-1-2-4-6-20-36-53-40-32-30-39(31-33-40)44-50-45(48)52-46(51-44)49-35-34-38-22-12-8-13-23-38/h8-19,22-33,44H,1-7,20-21,34-37H2,(H4,48,49,50,51,52). The molecule has 1 unspecified atom stereocenters. The van der Waals surface area contributed by atoms with Crippen molar-refractivity contribution in [3.8, 4) is 5.75 Å². The van der Waals surface area contributed by atoms with Crippen LogP contribution >= 0.6 is 6.91 Å². The summed E-state index contributed by atoms with van der Waals surface area (Å²) >= 11 is 0. The quantitative estimate of drug-likeness (QED) is 0.0549. The van der Waals surface area contributed by atoms with Gasteiger partial charge < -0.3 is 11.1 Å². The van der Waals surface area contributed by atoms with E-state index in [0.717, 1.165) is 65.8 Å². The fourth-order valence-electron chi connectivity index (χ4n) is 7.41. The molecule has 0 spiro atoms. The Morgan fingerprint density at radius 2 is 1.09 bits per heavy atom. The molecule has 0 aliphatic carbocycles. The molecule has 1 atom stereocenters. The van der Waals surface area contributed by atoms with Crippen LogP contribution in [0.15, 0.2) is 156 Å². The number of unbranched alkanes of at least 4 members (excludes halogenated alkanes) is 8. The fraction of sp³-hybridized carbons (Fsp3) is 0.304. The van der Waals surface area contributed by atoms with Crippen LogP contribution in [0, 0.1) is 0 Å². The van der Waals surface area contributed by atoms with E-state index in [0.29, 0.717) is 31.2 Å². The van der Waals surface area contributed by atoms with Crippen molar-refractivity contribution in [3.05, 3.63) is 157 Å². The van der Waals surface area contributed by atoms with Gasteiger partial charge in [0.1, 0.15) is 5.75 Å². The smallest absolute Gasteiger partial charge is 0.200 e. The van der Waals surface area contributed by atoms with Gasteiger partial charge in [-0.05, 0) is 29.7 Å². The number of nitrogens with zero attached hydrogens (tertiary/aromatic N) is 2. The second kappa shape index (κ2) is 19.4. The van der Waals surface area contributed by atoms with Gasteiger partial charge in [0.15, 0.2) is 18.1 Å². The van der Waals surface area contributed by atoms with E-state index < -0.39 is 6.91 Å². The summed E-state index contributed by atoms with van der Waals surface area (Å²) in [6.45, 7) is -2.77. The van der Waals surface area contributed by atoms with E-state index in [2.05, 4.69) is 32.8 Å². The Hall–Kier alpha value is -5.00. The maximum absolute atomic E-state index is 18.6. The molecule has 1 aliphatic heterocycles.